The first-order valence-electron chi connectivity index (χ1n) is 5.28. The van der Waals surface area contributed by atoms with Gasteiger partial charge in [0.05, 0.1) is 6.54 Å². The van der Waals surface area contributed by atoms with Gasteiger partial charge in [-0.2, -0.15) is 5.10 Å². The van der Waals surface area contributed by atoms with Gasteiger partial charge in [-0.25, -0.2) is 4.98 Å². The van der Waals surface area contributed by atoms with E-state index in [1.54, 1.807) is 29.9 Å². The Hall–Kier alpha value is -1.86. The zero-order valence-electron chi connectivity index (χ0n) is 9.28. The Morgan fingerprint density at radius 1 is 1.28 bits per heavy atom. The average molecular weight is 275 g/mol. The highest BCUT2D eigenvalue weighted by molar-refractivity contribution is 7.71. The fourth-order valence-corrected chi connectivity index (χ4v) is 2.45. The number of hydrogen-bond acceptors (Lipinski definition) is 5. The molecule has 0 aliphatic rings. The van der Waals surface area contributed by atoms with Gasteiger partial charge >= 0.3 is 0 Å². The van der Waals surface area contributed by atoms with Gasteiger partial charge in [-0.05, 0) is 24.4 Å². The Kier molecular flexibility index (Phi) is 2.99. The van der Waals surface area contributed by atoms with E-state index < -0.39 is 0 Å². The molecule has 0 amide bonds. The second kappa shape index (κ2) is 4.79. The van der Waals surface area contributed by atoms with Crippen LogP contribution >= 0.6 is 23.6 Å². The summed E-state index contributed by atoms with van der Waals surface area (Å²) in [7, 11) is 0. The van der Waals surface area contributed by atoms with E-state index >= 15 is 0 Å². The topological polar surface area (TPSA) is 59.4 Å². The van der Waals surface area contributed by atoms with E-state index in [4.69, 9.17) is 12.2 Å². The summed E-state index contributed by atoms with van der Waals surface area (Å²) in [6.45, 7) is 0.630. The minimum absolute atomic E-state index is 0.594. The molecule has 0 aromatic carbocycles. The zero-order valence-corrected chi connectivity index (χ0v) is 10.9. The van der Waals surface area contributed by atoms with E-state index in [0.717, 1.165) is 16.4 Å². The number of nitrogens with one attached hydrogen (secondary N) is 1. The molecule has 1 N–H and O–H groups in total. The van der Waals surface area contributed by atoms with Crippen molar-refractivity contribution in [1.29, 1.82) is 0 Å². The summed E-state index contributed by atoms with van der Waals surface area (Å²) in [5, 5.41) is 10.0. The molecule has 0 aliphatic heterocycles. The lowest BCUT2D eigenvalue weighted by atomic mass is 10.2. The van der Waals surface area contributed by atoms with Crippen LogP contribution in [0.15, 0.2) is 36.1 Å². The maximum absolute atomic E-state index is 5.25. The minimum atomic E-state index is 0.594. The van der Waals surface area contributed by atoms with Crippen molar-refractivity contribution >= 4 is 23.6 Å². The summed E-state index contributed by atoms with van der Waals surface area (Å²) >= 11 is 6.85. The molecular formula is C11H9N5S2. The van der Waals surface area contributed by atoms with Gasteiger partial charge < -0.3 is 0 Å². The summed E-state index contributed by atoms with van der Waals surface area (Å²) in [5.74, 6) is 0.803. The largest absolute Gasteiger partial charge is 0.293 e. The monoisotopic (exact) mass is 275 g/mol. The third kappa shape index (κ3) is 2.09. The van der Waals surface area contributed by atoms with E-state index in [-0.39, 0.29) is 0 Å². The highest BCUT2D eigenvalue weighted by atomic mass is 32.1. The van der Waals surface area contributed by atoms with Crippen LogP contribution in [0.1, 0.15) is 5.01 Å². The molecule has 3 aromatic heterocycles. The lowest BCUT2D eigenvalue weighted by Gasteiger charge is -2.04. The standard InChI is InChI=1S/C11H9N5S2/c17-11-15-14-10(8-1-3-12-4-2-8)16(11)7-9-13-5-6-18-9/h1-6H,7H2,(H,15,17). The number of hydrogen-bond donors (Lipinski definition) is 1. The maximum atomic E-state index is 5.25. The molecule has 0 saturated heterocycles. The van der Waals surface area contributed by atoms with Gasteiger partial charge in [-0.3, -0.25) is 14.6 Å². The van der Waals surface area contributed by atoms with Crippen LogP contribution in [0.5, 0.6) is 0 Å². The second-order valence-corrected chi connectivity index (χ2v) is 4.97. The highest BCUT2D eigenvalue weighted by Gasteiger charge is 2.09. The van der Waals surface area contributed by atoms with Crippen LogP contribution in [0, 0.1) is 4.77 Å². The minimum Gasteiger partial charge on any atom is -0.293 e. The number of aromatic nitrogens is 5. The van der Waals surface area contributed by atoms with Crippen molar-refractivity contribution < 1.29 is 0 Å². The molecule has 0 saturated carbocycles. The lowest BCUT2D eigenvalue weighted by Crippen LogP contribution is -2.02. The molecule has 3 rings (SSSR count). The molecule has 5 nitrogen and oxygen atoms in total. The van der Waals surface area contributed by atoms with E-state index in [2.05, 4.69) is 20.2 Å². The average Bonchev–Trinajstić information content (AvgIpc) is 3.03. The lowest BCUT2D eigenvalue weighted by molar-refractivity contribution is 0.783. The Balaban J connectivity index is 2.04. The Labute approximate surface area is 112 Å². The summed E-state index contributed by atoms with van der Waals surface area (Å²) in [6, 6.07) is 3.81. The molecule has 0 spiro atoms. The maximum Gasteiger partial charge on any atom is 0.195 e. The number of thiazole rings is 1. The predicted molar refractivity (Wildman–Crippen MR) is 71.9 cm³/mol. The fourth-order valence-electron chi connectivity index (χ4n) is 1.65. The van der Waals surface area contributed by atoms with Gasteiger partial charge in [0.15, 0.2) is 10.6 Å². The van der Waals surface area contributed by atoms with E-state index in [1.165, 1.54) is 0 Å². The second-order valence-electron chi connectivity index (χ2n) is 3.60. The van der Waals surface area contributed by atoms with Crippen LogP contribution < -0.4 is 0 Å². The smallest absolute Gasteiger partial charge is 0.195 e. The van der Waals surface area contributed by atoms with Crippen LogP contribution in [-0.4, -0.2) is 24.7 Å². The molecule has 3 heterocycles. The first kappa shape index (κ1) is 11.2. The van der Waals surface area contributed by atoms with Crippen molar-refractivity contribution in [3.05, 3.63) is 45.9 Å². The molecule has 0 bridgehead atoms. The number of rotatable bonds is 3. The number of nitrogens with zero attached hydrogens (tertiary/aromatic N) is 4. The van der Waals surface area contributed by atoms with Crippen LogP contribution in [0.4, 0.5) is 0 Å². The quantitative estimate of drug-likeness (QED) is 0.746. The molecule has 18 heavy (non-hydrogen) atoms. The molecule has 0 aliphatic carbocycles. The van der Waals surface area contributed by atoms with Crippen molar-refractivity contribution in [2.24, 2.45) is 0 Å². The first-order valence-corrected chi connectivity index (χ1v) is 6.57. The first-order chi connectivity index (χ1) is 8.84. The van der Waals surface area contributed by atoms with Gasteiger partial charge in [0, 0.05) is 29.5 Å². The number of pyridine rings is 1. The Bertz CT molecular complexity index is 684. The van der Waals surface area contributed by atoms with Crippen molar-refractivity contribution in [3.63, 3.8) is 0 Å². The van der Waals surface area contributed by atoms with Crippen molar-refractivity contribution in [3.8, 4) is 11.4 Å². The number of H-pyrrole nitrogens is 1. The van der Waals surface area contributed by atoms with Crippen LogP contribution in [-0.2, 0) is 6.54 Å². The Morgan fingerprint density at radius 3 is 2.83 bits per heavy atom. The molecule has 0 atom stereocenters. The van der Waals surface area contributed by atoms with Gasteiger partial charge in [0.25, 0.3) is 0 Å². The Morgan fingerprint density at radius 2 is 2.11 bits per heavy atom. The third-order valence-corrected chi connectivity index (χ3v) is 3.55. The third-order valence-electron chi connectivity index (χ3n) is 2.47. The number of aromatic amines is 1. The molecule has 90 valence electrons. The molecule has 0 fully saturated rings. The highest BCUT2D eigenvalue weighted by Crippen LogP contribution is 2.18. The fraction of sp³-hybridized carbons (Fsp3) is 0.0909. The van der Waals surface area contributed by atoms with Crippen LogP contribution in [0.25, 0.3) is 11.4 Å². The zero-order chi connectivity index (χ0) is 12.4. The normalized spacial score (nSPS) is 10.7. The molecule has 3 aromatic rings. The summed E-state index contributed by atoms with van der Waals surface area (Å²) in [4.78, 5) is 8.26. The van der Waals surface area contributed by atoms with E-state index in [0.29, 0.717) is 11.3 Å². The SMILES string of the molecule is S=c1[nH]nc(-c2ccncc2)n1Cc1nccs1. The molecule has 7 heteroatoms. The predicted octanol–water partition coefficient (Wildman–Crippen LogP) is 2.51. The molecule has 0 unspecified atom stereocenters. The van der Waals surface area contributed by atoms with Gasteiger partial charge in [-0.15, -0.1) is 11.3 Å². The molecule has 0 radical (unpaired) electrons. The summed E-state index contributed by atoms with van der Waals surface area (Å²) < 4.78 is 2.53. The molecular weight excluding hydrogens is 266 g/mol. The van der Waals surface area contributed by atoms with E-state index in [1.807, 2.05) is 22.1 Å². The summed E-state index contributed by atoms with van der Waals surface area (Å²) in [5.41, 5.74) is 0.980. The van der Waals surface area contributed by atoms with Crippen molar-refractivity contribution in [2.45, 2.75) is 6.54 Å². The van der Waals surface area contributed by atoms with Gasteiger partial charge in [-0.1, -0.05) is 0 Å². The van der Waals surface area contributed by atoms with Crippen molar-refractivity contribution in [1.82, 2.24) is 24.7 Å². The van der Waals surface area contributed by atoms with Crippen LogP contribution in [0.2, 0.25) is 0 Å². The van der Waals surface area contributed by atoms with E-state index in [9.17, 15) is 0 Å². The van der Waals surface area contributed by atoms with Crippen molar-refractivity contribution in [2.75, 3.05) is 0 Å². The van der Waals surface area contributed by atoms with Gasteiger partial charge in [0.2, 0.25) is 0 Å². The summed E-state index contributed by atoms with van der Waals surface area (Å²) in [6.07, 6.45) is 5.26. The van der Waals surface area contributed by atoms with Crippen LogP contribution in [0.3, 0.4) is 0 Å². The van der Waals surface area contributed by atoms with Gasteiger partial charge in [0.1, 0.15) is 5.01 Å².